The Morgan fingerprint density at radius 1 is 1.04 bits per heavy atom. The number of alkyl halides is 2. The Hall–Kier alpha value is -5.67. The van der Waals surface area contributed by atoms with Crippen LogP contribution < -0.4 is 26.2 Å². The second-order valence-corrected chi connectivity index (χ2v) is 15.6. The van der Waals surface area contributed by atoms with E-state index in [4.69, 9.17) is 27.4 Å². The van der Waals surface area contributed by atoms with E-state index in [9.17, 15) is 14.4 Å². The fourth-order valence-corrected chi connectivity index (χ4v) is 9.00. The highest BCUT2D eigenvalue weighted by Crippen LogP contribution is 2.52. The summed E-state index contributed by atoms with van der Waals surface area (Å²) in [7, 11) is 1.78. The molecule has 288 valence electrons. The zero-order valence-corrected chi connectivity index (χ0v) is 31.3. The van der Waals surface area contributed by atoms with Gasteiger partial charge in [0, 0.05) is 73.9 Å². The topological polar surface area (TPSA) is 154 Å². The van der Waals surface area contributed by atoms with Crippen LogP contribution in [0.4, 0.5) is 31.7 Å². The number of anilines is 4. The molecule has 4 N–H and O–H groups in total. The Kier molecular flexibility index (Phi) is 8.69. The number of carbonyl (C=O) groups excluding carboxylic acids is 3. The molecule has 0 aliphatic carbocycles. The summed E-state index contributed by atoms with van der Waals surface area (Å²) < 4.78 is 33.4. The smallest absolute Gasteiger partial charge is 0.269 e. The number of imide groups is 1. The summed E-state index contributed by atoms with van der Waals surface area (Å²) in [6, 6.07) is 17.2. The molecule has 9 rings (SSSR count). The Morgan fingerprint density at radius 3 is 2.61 bits per heavy atom. The first-order valence-corrected chi connectivity index (χ1v) is 19.0. The summed E-state index contributed by atoms with van der Waals surface area (Å²) in [5, 5.41) is 10.7. The van der Waals surface area contributed by atoms with Crippen molar-refractivity contribution in [2.24, 2.45) is 11.1 Å². The van der Waals surface area contributed by atoms with Gasteiger partial charge in [-0.05, 0) is 72.8 Å². The van der Waals surface area contributed by atoms with Crippen molar-refractivity contribution in [1.82, 2.24) is 29.8 Å². The van der Waals surface area contributed by atoms with Crippen LogP contribution in [-0.2, 0) is 22.6 Å². The number of hydrogen-bond acceptors (Lipinski definition) is 10. The van der Waals surface area contributed by atoms with Crippen molar-refractivity contribution in [3.05, 3.63) is 94.4 Å². The summed E-state index contributed by atoms with van der Waals surface area (Å²) in [5.41, 5.74) is 11.9. The highest BCUT2D eigenvalue weighted by Gasteiger charge is 2.62. The maximum absolute atomic E-state index is 16.0. The number of halogens is 3. The highest BCUT2D eigenvalue weighted by molar-refractivity contribution is 6.31. The molecule has 13 nitrogen and oxygen atoms in total. The van der Waals surface area contributed by atoms with Crippen LogP contribution in [0, 0.1) is 5.41 Å². The SMILES string of the molecule is CNc1cc(N2CCc3c(-c4ccc(CN5CCC6(CN(c7ccc(Cl)c(C8CCC(=O)NC8=O)c7)C6)C(F)(F)C5)cn4)cccc32)nn2c(C(N)=O)cnc12. The van der Waals surface area contributed by atoms with Crippen LogP contribution in [0.2, 0.25) is 5.02 Å². The van der Waals surface area contributed by atoms with Gasteiger partial charge in [-0.25, -0.2) is 18.3 Å². The summed E-state index contributed by atoms with van der Waals surface area (Å²) in [6.45, 7) is 1.63. The standard InChI is InChI=1S/C40H39ClF2N10O3/c1-45-31-16-34(49-53-33(36(44)55)18-47-37(31)53)52-13-11-26-25(3-2-4-32(26)52)30-9-5-23(17-46-30)19-50-14-12-39(40(42,43)22-50)20-51(21-39)24-6-8-29(41)28(15-24)27-7-10-35(54)48-38(27)56/h2-6,8-9,15-18,27,45H,7,10-14,19-22H2,1H3,(H2,44,55)(H,48,54,56). The van der Waals surface area contributed by atoms with Gasteiger partial charge in [-0.2, -0.15) is 0 Å². The lowest BCUT2D eigenvalue weighted by Crippen LogP contribution is -2.70. The summed E-state index contributed by atoms with van der Waals surface area (Å²) in [5.74, 6) is -4.13. The van der Waals surface area contributed by atoms with E-state index in [0.29, 0.717) is 60.2 Å². The summed E-state index contributed by atoms with van der Waals surface area (Å²) >= 11 is 6.45. The van der Waals surface area contributed by atoms with Gasteiger partial charge in [0.2, 0.25) is 11.8 Å². The maximum Gasteiger partial charge on any atom is 0.269 e. The summed E-state index contributed by atoms with van der Waals surface area (Å²) in [6.07, 6.45) is 4.88. The fraction of sp³-hybridized carbons (Fsp3) is 0.350. The van der Waals surface area contributed by atoms with Crippen molar-refractivity contribution in [3.8, 4) is 11.3 Å². The lowest BCUT2D eigenvalue weighted by molar-refractivity contribution is -0.181. The van der Waals surface area contributed by atoms with E-state index >= 15 is 8.78 Å². The molecule has 2 aromatic carbocycles. The first-order chi connectivity index (χ1) is 26.9. The molecule has 3 saturated heterocycles. The van der Waals surface area contributed by atoms with Gasteiger partial charge in [-0.3, -0.25) is 29.6 Å². The van der Waals surface area contributed by atoms with E-state index in [1.165, 1.54) is 10.7 Å². The minimum atomic E-state index is -2.91. The number of carbonyl (C=O) groups is 3. The van der Waals surface area contributed by atoms with Gasteiger partial charge in [0.15, 0.2) is 11.5 Å². The molecular weight excluding hydrogens is 742 g/mol. The minimum absolute atomic E-state index is 0.191. The lowest BCUT2D eigenvalue weighted by Gasteiger charge is -2.58. The number of aromatic nitrogens is 4. The number of imidazole rings is 1. The molecule has 5 aromatic rings. The molecule has 7 heterocycles. The third-order valence-corrected chi connectivity index (χ3v) is 12.2. The van der Waals surface area contributed by atoms with Gasteiger partial charge in [0.1, 0.15) is 5.69 Å². The Bertz CT molecular complexity index is 2420. The van der Waals surface area contributed by atoms with Crippen molar-refractivity contribution in [2.45, 2.75) is 44.1 Å². The van der Waals surface area contributed by atoms with E-state index in [1.54, 1.807) is 36.3 Å². The van der Waals surface area contributed by atoms with E-state index in [1.807, 2.05) is 41.3 Å². The number of benzene rings is 2. The van der Waals surface area contributed by atoms with Gasteiger partial charge < -0.3 is 20.9 Å². The Morgan fingerprint density at radius 2 is 1.88 bits per heavy atom. The number of nitrogens with one attached hydrogen (secondary N) is 2. The monoisotopic (exact) mass is 780 g/mol. The number of nitrogens with two attached hydrogens (primary N) is 1. The van der Waals surface area contributed by atoms with Gasteiger partial charge >= 0.3 is 0 Å². The third kappa shape index (κ3) is 6.00. The predicted molar refractivity (Wildman–Crippen MR) is 207 cm³/mol. The number of rotatable bonds is 8. The Labute approximate surface area is 325 Å². The molecule has 16 heteroatoms. The Balaban J connectivity index is 0.863. The number of fused-ring (bicyclic) bond motifs is 2. The first kappa shape index (κ1) is 36.0. The van der Waals surface area contributed by atoms with E-state index in [0.717, 1.165) is 40.2 Å². The molecule has 0 saturated carbocycles. The van der Waals surface area contributed by atoms with E-state index in [2.05, 4.69) is 20.5 Å². The zero-order chi connectivity index (χ0) is 38.9. The van der Waals surface area contributed by atoms with Crippen LogP contribution in [0.1, 0.15) is 52.4 Å². The number of hydrogen-bond donors (Lipinski definition) is 3. The number of amides is 3. The van der Waals surface area contributed by atoms with Crippen LogP contribution in [0.3, 0.4) is 0 Å². The molecule has 56 heavy (non-hydrogen) atoms. The number of primary amides is 1. The molecule has 3 amide bonds. The third-order valence-electron chi connectivity index (χ3n) is 11.8. The number of piperidine rings is 2. The van der Waals surface area contributed by atoms with Crippen LogP contribution in [0.15, 0.2) is 67.0 Å². The zero-order valence-electron chi connectivity index (χ0n) is 30.6. The fourth-order valence-electron chi connectivity index (χ4n) is 8.75. The van der Waals surface area contributed by atoms with Crippen LogP contribution in [0.5, 0.6) is 0 Å². The molecule has 3 aromatic heterocycles. The quantitative estimate of drug-likeness (QED) is 0.180. The van der Waals surface area contributed by atoms with Crippen molar-refractivity contribution >= 4 is 57.8 Å². The highest BCUT2D eigenvalue weighted by atomic mass is 35.5. The minimum Gasteiger partial charge on any atom is -0.385 e. The lowest BCUT2D eigenvalue weighted by atomic mass is 9.68. The largest absolute Gasteiger partial charge is 0.385 e. The van der Waals surface area contributed by atoms with Crippen molar-refractivity contribution in [3.63, 3.8) is 0 Å². The molecule has 1 unspecified atom stereocenters. The molecule has 0 bridgehead atoms. The molecule has 4 aliphatic rings. The predicted octanol–water partition coefficient (Wildman–Crippen LogP) is 5.15. The van der Waals surface area contributed by atoms with Gasteiger partial charge in [0.25, 0.3) is 11.8 Å². The molecule has 1 atom stereocenters. The average Bonchev–Trinajstić information content (AvgIpc) is 3.80. The van der Waals surface area contributed by atoms with Crippen molar-refractivity contribution < 1.29 is 23.2 Å². The van der Waals surface area contributed by atoms with Crippen molar-refractivity contribution in [1.29, 1.82) is 0 Å². The van der Waals surface area contributed by atoms with Gasteiger partial charge in [0.05, 0.1) is 35.5 Å². The second-order valence-electron chi connectivity index (χ2n) is 15.2. The van der Waals surface area contributed by atoms with Crippen LogP contribution >= 0.6 is 11.6 Å². The van der Waals surface area contributed by atoms with Crippen LogP contribution in [0.25, 0.3) is 16.9 Å². The van der Waals surface area contributed by atoms with Crippen molar-refractivity contribution in [2.75, 3.05) is 54.9 Å². The van der Waals surface area contributed by atoms with E-state index < -0.39 is 23.2 Å². The first-order valence-electron chi connectivity index (χ1n) is 18.6. The molecular formula is C40H39ClF2N10O3. The van der Waals surface area contributed by atoms with Gasteiger partial charge in [-0.15, -0.1) is 5.10 Å². The number of pyridine rings is 1. The second kappa shape index (κ2) is 13.5. The molecule has 3 fully saturated rings. The number of nitrogens with zero attached hydrogens (tertiary/aromatic N) is 7. The van der Waals surface area contributed by atoms with Crippen LogP contribution in [-0.4, -0.2) is 87.9 Å². The maximum atomic E-state index is 16.0. The van der Waals surface area contributed by atoms with Gasteiger partial charge in [-0.1, -0.05) is 29.8 Å². The number of likely N-dealkylation sites (tertiary alicyclic amines) is 1. The summed E-state index contributed by atoms with van der Waals surface area (Å²) in [4.78, 5) is 51.2. The molecule has 0 radical (unpaired) electrons. The average molecular weight is 781 g/mol. The molecule has 1 spiro atoms. The normalized spacial score (nSPS) is 20.2. The molecule has 4 aliphatic heterocycles. The van der Waals surface area contributed by atoms with E-state index in [-0.39, 0.29) is 43.6 Å².